The number of carbonyl (C=O) groups excluding carboxylic acids is 2. The van der Waals surface area contributed by atoms with E-state index in [1.807, 2.05) is 25.1 Å². The summed E-state index contributed by atoms with van der Waals surface area (Å²) >= 11 is 0. The van der Waals surface area contributed by atoms with Gasteiger partial charge in [0.1, 0.15) is 11.4 Å². The highest BCUT2D eigenvalue weighted by Gasteiger charge is 2.28. The van der Waals surface area contributed by atoms with E-state index in [1.165, 1.54) is 0 Å². The molecule has 0 radical (unpaired) electrons. The van der Waals surface area contributed by atoms with Crippen LogP contribution < -0.4 is 10.1 Å². The van der Waals surface area contributed by atoms with Gasteiger partial charge >= 0.3 is 0 Å². The Balaban J connectivity index is 1.75. The minimum Gasteiger partial charge on any atom is -0.494 e. The van der Waals surface area contributed by atoms with Crippen molar-refractivity contribution in [1.82, 2.24) is 15.2 Å². The van der Waals surface area contributed by atoms with Crippen molar-refractivity contribution in [3.8, 4) is 5.75 Å². The highest BCUT2D eigenvalue weighted by atomic mass is 16.5. The summed E-state index contributed by atoms with van der Waals surface area (Å²) < 4.78 is 5.45. The Morgan fingerprint density at radius 2 is 2.27 bits per heavy atom. The van der Waals surface area contributed by atoms with Gasteiger partial charge in [-0.1, -0.05) is 0 Å². The summed E-state index contributed by atoms with van der Waals surface area (Å²) in [6, 6.07) is 7.35. The number of aromatic amines is 1. The molecule has 116 valence electrons. The first-order valence-electron chi connectivity index (χ1n) is 7.37. The molecule has 1 saturated heterocycles. The molecule has 1 aromatic heterocycles. The highest BCUT2D eigenvalue weighted by Crippen LogP contribution is 2.21. The molecule has 0 bridgehead atoms. The van der Waals surface area contributed by atoms with Crippen molar-refractivity contribution in [2.75, 3.05) is 20.2 Å². The number of aromatic nitrogens is 1. The number of hydrogen-bond donors (Lipinski definition) is 2. The number of carbonyl (C=O) groups is 2. The lowest BCUT2D eigenvalue weighted by Gasteiger charge is -2.11. The van der Waals surface area contributed by atoms with Gasteiger partial charge in [-0.3, -0.25) is 9.59 Å². The van der Waals surface area contributed by atoms with E-state index in [0.29, 0.717) is 25.3 Å². The molecule has 2 amide bonds. The number of ether oxygens (including phenoxy) is 1. The SMILES string of the molecule is CCOc1ccc2cc(C(=O)N[C@@H]3CC(=O)N(C)C3)[nH]c2c1. The van der Waals surface area contributed by atoms with Crippen LogP contribution in [0.25, 0.3) is 10.9 Å². The summed E-state index contributed by atoms with van der Waals surface area (Å²) in [6.07, 6.45) is 0.358. The Hall–Kier alpha value is -2.50. The minimum absolute atomic E-state index is 0.0586. The van der Waals surface area contributed by atoms with E-state index in [1.54, 1.807) is 18.0 Å². The van der Waals surface area contributed by atoms with E-state index in [4.69, 9.17) is 4.74 Å². The molecule has 1 aliphatic heterocycles. The zero-order valence-corrected chi connectivity index (χ0v) is 12.7. The molecule has 6 heteroatoms. The molecule has 6 nitrogen and oxygen atoms in total. The van der Waals surface area contributed by atoms with Crippen molar-refractivity contribution in [3.63, 3.8) is 0 Å². The largest absolute Gasteiger partial charge is 0.494 e. The van der Waals surface area contributed by atoms with Crippen LogP contribution in [0.15, 0.2) is 24.3 Å². The lowest BCUT2D eigenvalue weighted by Crippen LogP contribution is -2.36. The van der Waals surface area contributed by atoms with Crippen molar-refractivity contribution >= 4 is 22.7 Å². The van der Waals surface area contributed by atoms with Gasteiger partial charge in [-0.25, -0.2) is 0 Å². The van der Waals surface area contributed by atoms with Gasteiger partial charge in [-0.15, -0.1) is 0 Å². The average Bonchev–Trinajstić information content (AvgIpc) is 3.03. The number of amides is 2. The molecule has 0 saturated carbocycles. The standard InChI is InChI=1S/C16H19N3O3/c1-3-22-12-5-4-10-6-14(18-13(10)8-12)16(21)17-11-7-15(20)19(2)9-11/h4-6,8,11,18H,3,7,9H2,1-2H3,(H,17,21)/t11-/m1/s1. The van der Waals surface area contributed by atoms with Gasteiger partial charge in [-0.2, -0.15) is 0 Å². The monoisotopic (exact) mass is 301 g/mol. The molecule has 1 aromatic carbocycles. The number of fused-ring (bicyclic) bond motifs is 1. The number of hydrogen-bond acceptors (Lipinski definition) is 3. The van der Waals surface area contributed by atoms with Gasteiger partial charge in [-0.05, 0) is 25.1 Å². The zero-order chi connectivity index (χ0) is 15.7. The molecule has 2 N–H and O–H groups in total. The fourth-order valence-corrected chi connectivity index (χ4v) is 2.71. The third-order valence-electron chi connectivity index (χ3n) is 3.83. The van der Waals surface area contributed by atoms with Gasteiger partial charge in [0.05, 0.1) is 12.6 Å². The Morgan fingerprint density at radius 3 is 2.95 bits per heavy atom. The smallest absolute Gasteiger partial charge is 0.268 e. The topological polar surface area (TPSA) is 74.4 Å². The molecule has 22 heavy (non-hydrogen) atoms. The molecular formula is C16H19N3O3. The molecule has 0 spiro atoms. The van der Waals surface area contributed by atoms with Crippen molar-refractivity contribution in [1.29, 1.82) is 0 Å². The van der Waals surface area contributed by atoms with Gasteiger partial charge in [0.25, 0.3) is 5.91 Å². The van der Waals surface area contributed by atoms with E-state index >= 15 is 0 Å². The molecule has 3 rings (SSSR count). The van der Waals surface area contributed by atoms with Crippen molar-refractivity contribution in [3.05, 3.63) is 30.0 Å². The maximum atomic E-state index is 12.3. The molecule has 2 heterocycles. The number of nitrogens with one attached hydrogen (secondary N) is 2. The number of H-pyrrole nitrogens is 1. The van der Waals surface area contributed by atoms with Crippen LogP contribution in [0.5, 0.6) is 5.75 Å². The van der Waals surface area contributed by atoms with E-state index in [0.717, 1.165) is 16.7 Å². The van der Waals surface area contributed by atoms with Crippen LogP contribution in [0.1, 0.15) is 23.8 Å². The quantitative estimate of drug-likeness (QED) is 0.899. The molecule has 0 unspecified atom stereocenters. The van der Waals surface area contributed by atoms with Crippen molar-refractivity contribution in [2.24, 2.45) is 0 Å². The number of likely N-dealkylation sites (tertiary alicyclic amines) is 1. The van der Waals surface area contributed by atoms with Gasteiger partial charge in [0, 0.05) is 37.0 Å². The second-order valence-electron chi connectivity index (χ2n) is 5.51. The van der Waals surface area contributed by atoms with Crippen LogP contribution in [0, 0.1) is 0 Å². The van der Waals surface area contributed by atoms with E-state index in [2.05, 4.69) is 10.3 Å². The Bertz CT molecular complexity index is 722. The summed E-state index contributed by atoms with van der Waals surface area (Å²) in [7, 11) is 1.74. The summed E-state index contributed by atoms with van der Waals surface area (Å²) in [4.78, 5) is 28.5. The molecule has 1 aliphatic rings. The Morgan fingerprint density at radius 1 is 1.45 bits per heavy atom. The number of likely N-dealkylation sites (N-methyl/N-ethyl adjacent to an activating group) is 1. The van der Waals surface area contributed by atoms with Crippen LogP contribution in [-0.4, -0.2) is 47.9 Å². The predicted octanol–water partition coefficient (Wildman–Crippen LogP) is 1.53. The van der Waals surface area contributed by atoms with E-state index < -0.39 is 0 Å². The minimum atomic E-state index is -0.192. The van der Waals surface area contributed by atoms with Crippen LogP contribution in [0.3, 0.4) is 0 Å². The zero-order valence-electron chi connectivity index (χ0n) is 12.7. The van der Waals surface area contributed by atoms with Gasteiger partial charge < -0.3 is 19.9 Å². The fraction of sp³-hybridized carbons (Fsp3) is 0.375. The summed E-state index contributed by atoms with van der Waals surface area (Å²) in [5, 5.41) is 3.84. The summed E-state index contributed by atoms with van der Waals surface area (Å²) in [5.41, 5.74) is 1.35. The lowest BCUT2D eigenvalue weighted by molar-refractivity contribution is -0.126. The van der Waals surface area contributed by atoms with Crippen LogP contribution in [0.4, 0.5) is 0 Å². The average molecular weight is 301 g/mol. The first-order valence-corrected chi connectivity index (χ1v) is 7.37. The summed E-state index contributed by atoms with van der Waals surface area (Å²) in [6.45, 7) is 3.08. The number of benzene rings is 1. The maximum Gasteiger partial charge on any atom is 0.268 e. The molecule has 1 atom stereocenters. The first-order chi connectivity index (χ1) is 10.6. The second-order valence-corrected chi connectivity index (χ2v) is 5.51. The Labute approximate surface area is 128 Å². The van der Waals surface area contributed by atoms with Gasteiger partial charge in [0.15, 0.2) is 0 Å². The van der Waals surface area contributed by atoms with Crippen LogP contribution in [-0.2, 0) is 4.79 Å². The third-order valence-corrected chi connectivity index (χ3v) is 3.83. The molecular weight excluding hydrogens is 282 g/mol. The number of rotatable bonds is 4. The van der Waals surface area contributed by atoms with E-state index in [-0.39, 0.29) is 17.9 Å². The Kier molecular flexibility index (Phi) is 3.75. The number of nitrogens with zero attached hydrogens (tertiary/aromatic N) is 1. The van der Waals surface area contributed by atoms with E-state index in [9.17, 15) is 9.59 Å². The molecule has 1 fully saturated rings. The molecule has 2 aromatic rings. The lowest BCUT2D eigenvalue weighted by atomic mass is 10.2. The predicted molar refractivity (Wildman–Crippen MR) is 83.0 cm³/mol. The molecule has 0 aliphatic carbocycles. The fourth-order valence-electron chi connectivity index (χ4n) is 2.71. The van der Waals surface area contributed by atoms with Crippen molar-refractivity contribution < 1.29 is 14.3 Å². The first kappa shape index (κ1) is 14.4. The second kappa shape index (κ2) is 5.71. The van der Waals surface area contributed by atoms with Crippen molar-refractivity contribution in [2.45, 2.75) is 19.4 Å². The maximum absolute atomic E-state index is 12.3. The van der Waals surface area contributed by atoms with Crippen LogP contribution >= 0.6 is 0 Å². The highest BCUT2D eigenvalue weighted by molar-refractivity contribution is 5.98. The van der Waals surface area contributed by atoms with Gasteiger partial charge in [0.2, 0.25) is 5.91 Å². The normalized spacial score (nSPS) is 18.0. The third kappa shape index (κ3) is 2.77. The van der Waals surface area contributed by atoms with Crippen LogP contribution in [0.2, 0.25) is 0 Å². The summed E-state index contributed by atoms with van der Waals surface area (Å²) in [5.74, 6) is 0.636.